The van der Waals surface area contributed by atoms with E-state index in [-0.39, 0.29) is 13.0 Å². The van der Waals surface area contributed by atoms with Crippen molar-refractivity contribution in [2.24, 2.45) is 0 Å². The van der Waals surface area contributed by atoms with Gasteiger partial charge < -0.3 is 14.6 Å². The number of ether oxygens (including phenoxy) is 2. The molecule has 0 amide bonds. The van der Waals surface area contributed by atoms with Gasteiger partial charge in [0.15, 0.2) is 0 Å². The van der Waals surface area contributed by atoms with Crippen molar-refractivity contribution >= 4 is 5.97 Å². The van der Waals surface area contributed by atoms with Crippen molar-refractivity contribution in [3.05, 3.63) is 0 Å². The first kappa shape index (κ1) is 15.2. The van der Waals surface area contributed by atoms with Crippen molar-refractivity contribution in [1.82, 2.24) is 4.90 Å². The molecule has 0 aromatic heterocycles. The van der Waals surface area contributed by atoms with Gasteiger partial charge in [0.25, 0.3) is 0 Å². The van der Waals surface area contributed by atoms with E-state index in [0.29, 0.717) is 26.2 Å². The molecule has 8 heteroatoms. The van der Waals surface area contributed by atoms with E-state index >= 15 is 0 Å². The lowest BCUT2D eigenvalue weighted by Crippen LogP contribution is -2.44. The highest BCUT2D eigenvalue weighted by Crippen LogP contribution is 2.14. The molecule has 1 aliphatic heterocycles. The summed E-state index contributed by atoms with van der Waals surface area (Å²) in [5.74, 6) is -0.949. The molecule has 106 valence electrons. The number of halogens is 3. The van der Waals surface area contributed by atoms with Crippen LogP contribution in [0.3, 0.4) is 0 Å². The summed E-state index contributed by atoms with van der Waals surface area (Å²) in [6, 6.07) is 0. The number of carboxylic acids is 1. The van der Waals surface area contributed by atoms with Crippen LogP contribution < -0.4 is 0 Å². The van der Waals surface area contributed by atoms with E-state index in [1.54, 1.807) is 0 Å². The lowest BCUT2D eigenvalue weighted by atomic mass is 10.2. The summed E-state index contributed by atoms with van der Waals surface area (Å²) in [4.78, 5) is 12.3. The van der Waals surface area contributed by atoms with Crippen LogP contribution in [-0.4, -0.2) is 67.7 Å². The maximum Gasteiger partial charge on any atom is 0.411 e. The smallest absolute Gasteiger partial charge is 0.411 e. The minimum atomic E-state index is -4.31. The summed E-state index contributed by atoms with van der Waals surface area (Å²) in [5, 5.41) is 8.61. The fraction of sp³-hybridized carbons (Fsp3) is 0.900. The van der Waals surface area contributed by atoms with E-state index in [9.17, 15) is 18.0 Å². The number of alkyl halides is 3. The van der Waals surface area contributed by atoms with Crippen LogP contribution in [0.1, 0.15) is 6.42 Å². The highest BCUT2D eigenvalue weighted by Gasteiger charge is 2.27. The molecule has 0 bridgehead atoms. The van der Waals surface area contributed by atoms with Gasteiger partial charge in [-0.2, -0.15) is 13.2 Å². The predicted octanol–water partition coefficient (Wildman–Crippen LogP) is 0.741. The molecular weight excluding hydrogens is 255 g/mol. The lowest BCUT2D eigenvalue weighted by Gasteiger charge is -2.32. The fourth-order valence-corrected chi connectivity index (χ4v) is 1.68. The second-order valence-electron chi connectivity index (χ2n) is 4.06. The van der Waals surface area contributed by atoms with Crippen LogP contribution in [0.25, 0.3) is 0 Å². The number of hydrogen-bond donors (Lipinski definition) is 1. The van der Waals surface area contributed by atoms with Crippen molar-refractivity contribution in [1.29, 1.82) is 0 Å². The minimum Gasteiger partial charge on any atom is -0.481 e. The van der Waals surface area contributed by atoms with Gasteiger partial charge in [-0.25, -0.2) is 0 Å². The number of hydrogen-bond acceptors (Lipinski definition) is 4. The number of carboxylic acid groups (broad SMARTS) is 1. The molecule has 0 radical (unpaired) electrons. The Balaban J connectivity index is 2.16. The third-order valence-corrected chi connectivity index (χ3v) is 2.44. The Morgan fingerprint density at radius 1 is 1.50 bits per heavy atom. The average Bonchev–Trinajstić information content (AvgIpc) is 2.23. The Morgan fingerprint density at radius 2 is 2.22 bits per heavy atom. The normalized spacial score (nSPS) is 22.1. The molecule has 1 unspecified atom stereocenters. The van der Waals surface area contributed by atoms with Gasteiger partial charge in [-0.3, -0.25) is 9.69 Å². The number of carbonyl (C=O) groups is 1. The molecular formula is C10H16F3NO4. The summed E-state index contributed by atoms with van der Waals surface area (Å²) in [7, 11) is 0. The van der Waals surface area contributed by atoms with Crippen molar-refractivity contribution in [2.75, 3.05) is 39.5 Å². The van der Waals surface area contributed by atoms with Gasteiger partial charge in [0.1, 0.15) is 6.61 Å². The van der Waals surface area contributed by atoms with Crippen molar-refractivity contribution in [3.8, 4) is 0 Å². The Labute approximate surface area is 102 Å². The van der Waals surface area contributed by atoms with Crippen LogP contribution in [0.5, 0.6) is 0 Å². The Morgan fingerprint density at radius 3 is 2.83 bits per heavy atom. The number of aliphatic carboxylic acids is 1. The predicted molar refractivity (Wildman–Crippen MR) is 55.3 cm³/mol. The zero-order valence-electron chi connectivity index (χ0n) is 9.78. The second-order valence-corrected chi connectivity index (χ2v) is 4.06. The van der Waals surface area contributed by atoms with E-state index in [1.165, 1.54) is 0 Å². The van der Waals surface area contributed by atoms with E-state index in [2.05, 4.69) is 4.74 Å². The summed E-state index contributed by atoms with van der Waals surface area (Å²) in [6.07, 6.45) is -4.81. The van der Waals surface area contributed by atoms with Gasteiger partial charge in [-0.15, -0.1) is 0 Å². The number of morpholine rings is 1. The fourth-order valence-electron chi connectivity index (χ4n) is 1.68. The molecule has 0 aromatic rings. The second kappa shape index (κ2) is 6.91. The highest BCUT2D eigenvalue weighted by atomic mass is 19.4. The third-order valence-electron chi connectivity index (χ3n) is 2.44. The molecule has 0 aromatic carbocycles. The van der Waals surface area contributed by atoms with Gasteiger partial charge in [-0.1, -0.05) is 0 Å². The molecule has 5 nitrogen and oxygen atoms in total. The third kappa shape index (κ3) is 6.77. The van der Waals surface area contributed by atoms with Gasteiger partial charge in [0, 0.05) is 19.6 Å². The summed E-state index contributed by atoms with van der Waals surface area (Å²) in [5.41, 5.74) is 0. The maximum atomic E-state index is 11.8. The molecule has 1 N–H and O–H groups in total. The molecule has 1 atom stereocenters. The number of nitrogens with zero attached hydrogens (tertiary/aromatic N) is 1. The Kier molecular flexibility index (Phi) is 5.83. The van der Waals surface area contributed by atoms with Crippen LogP contribution in [0, 0.1) is 0 Å². The molecule has 1 rings (SSSR count). The molecule has 18 heavy (non-hydrogen) atoms. The molecule has 0 spiro atoms. The molecule has 1 aliphatic rings. The van der Waals surface area contributed by atoms with Gasteiger partial charge in [0.05, 0.1) is 25.7 Å². The zero-order valence-corrected chi connectivity index (χ0v) is 9.78. The highest BCUT2D eigenvalue weighted by molar-refractivity contribution is 5.67. The number of rotatable bonds is 6. The molecule has 1 heterocycles. The molecule has 1 fully saturated rings. The first-order chi connectivity index (χ1) is 8.37. The summed E-state index contributed by atoms with van der Waals surface area (Å²) >= 11 is 0. The van der Waals surface area contributed by atoms with Crippen LogP contribution in [-0.2, 0) is 14.3 Å². The standard InChI is InChI=1S/C10H16F3NO4/c11-10(12,13)7-17-3-1-14-2-4-18-8(6-14)5-9(15)16/h8H,1-7H2,(H,15,16). The van der Waals surface area contributed by atoms with Gasteiger partial charge in [0.2, 0.25) is 0 Å². The monoisotopic (exact) mass is 271 g/mol. The SMILES string of the molecule is O=C(O)CC1CN(CCOCC(F)(F)F)CCO1. The topological polar surface area (TPSA) is 59.0 Å². The van der Waals surface area contributed by atoms with Crippen molar-refractivity contribution in [2.45, 2.75) is 18.7 Å². The van der Waals surface area contributed by atoms with E-state index in [4.69, 9.17) is 9.84 Å². The first-order valence-electron chi connectivity index (χ1n) is 5.57. The van der Waals surface area contributed by atoms with Gasteiger partial charge >= 0.3 is 12.1 Å². The van der Waals surface area contributed by atoms with Crippen molar-refractivity contribution < 1.29 is 32.5 Å². The van der Waals surface area contributed by atoms with Crippen LogP contribution in [0.15, 0.2) is 0 Å². The average molecular weight is 271 g/mol. The van der Waals surface area contributed by atoms with E-state index in [1.807, 2.05) is 4.90 Å². The zero-order chi connectivity index (χ0) is 13.6. The van der Waals surface area contributed by atoms with Crippen molar-refractivity contribution in [3.63, 3.8) is 0 Å². The van der Waals surface area contributed by atoms with Crippen LogP contribution in [0.2, 0.25) is 0 Å². The maximum absolute atomic E-state index is 11.8. The summed E-state index contributed by atoms with van der Waals surface area (Å²) in [6.45, 7) is 0.426. The summed E-state index contributed by atoms with van der Waals surface area (Å²) < 4.78 is 45.1. The first-order valence-corrected chi connectivity index (χ1v) is 5.57. The Bertz CT molecular complexity index is 272. The van der Waals surface area contributed by atoms with Crippen LogP contribution in [0.4, 0.5) is 13.2 Å². The minimum absolute atomic E-state index is 0.0285. The molecule has 1 saturated heterocycles. The Hall–Kier alpha value is -0.860. The van der Waals surface area contributed by atoms with E-state index in [0.717, 1.165) is 0 Å². The molecule has 0 aliphatic carbocycles. The van der Waals surface area contributed by atoms with Crippen LogP contribution >= 0.6 is 0 Å². The largest absolute Gasteiger partial charge is 0.481 e. The molecule has 0 saturated carbocycles. The quantitative estimate of drug-likeness (QED) is 0.722. The van der Waals surface area contributed by atoms with E-state index < -0.39 is 24.9 Å². The lowest BCUT2D eigenvalue weighted by molar-refractivity contribution is -0.175. The van der Waals surface area contributed by atoms with Gasteiger partial charge in [-0.05, 0) is 0 Å².